The smallest absolute Gasteiger partial charge is 0.257 e. The first-order chi connectivity index (χ1) is 15.0. The number of halogens is 1. The summed E-state index contributed by atoms with van der Waals surface area (Å²) in [5.41, 5.74) is 1.05. The number of thiocarbonyl (C=S) groups is 1. The van der Waals surface area contributed by atoms with E-state index in [1.165, 1.54) is 7.11 Å². The molecule has 0 fully saturated rings. The first kappa shape index (κ1) is 22.4. The molecule has 6 nitrogen and oxygen atoms in total. The third-order valence-electron chi connectivity index (χ3n) is 4.10. The lowest BCUT2D eigenvalue weighted by Gasteiger charge is -2.12. The maximum atomic E-state index is 12.5. The number of hydrogen-bond donors (Lipinski definition) is 2. The second kappa shape index (κ2) is 11.2. The SMILES string of the molecule is COc1ccc(NC(=S)NC(=O)c2cccc(OCCOc3ccccc3)c2)cc1Cl. The predicted octanol–water partition coefficient (Wildman–Crippen LogP) is 4.93. The zero-order chi connectivity index (χ0) is 22.1. The molecule has 0 aromatic heterocycles. The summed E-state index contributed by atoms with van der Waals surface area (Å²) in [6.45, 7) is 0.733. The van der Waals surface area contributed by atoms with E-state index in [1.54, 1.807) is 42.5 Å². The van der Waals surface area contributed by atoms with Crippen molar-refractivity contribution in [1.29, 1.82) is 0 Å². The monoisotopic (exact) mass is 456 g/mol. The van der Waals surface area contributed by atoms with Gasteiger partial charge >= 0.3 is 0 Å². The molecule has 0 bridgehead atoms. The molecule has 3 rings (SSSR count). The Bertz CT molecular complexity index is 1050. The third kappa shape index (κ3) is 6.87. The Hall–Kier alpha value is -3.29. The van der Waals surface area contributed by atoms with Gasteiger partial charge in [-0.3, -0.25) is 10.1 Å². The lowest BCUT2D eigenvalue weighted by molar-refractivity contribution is 0.0977. The molecule has 3 aromatic carbocycles. The minimum absolute atomic E-state index is 0.147. The molecule has 0 radical (unpaired) electrons. The van der Waals surface area contributed by atoms with Crippen LogP contribution < -0.4 is 24.8 Å². The van der Waals surface area contributed by atoms with E-state index in [9.17, 15) is 4.79 Å². The van der Waals surface area contributed by atoms with Gasteiger partial charge < -0.3 is 19.5 Å². The Balaban J connectivity index is 1.49. The van der Waals surface area contributed by atoms with Gasteiger partial charge in [0.15, 0.2) is 5.11 Å². The molecule has 0 aliphatic heterocycles. The van der Waals surface area contributed by atoms with Crippen molar-refractivity contribution in [2.45, 2.75) is 0 Å². The maximum Gasteiger partial charge on any atom is 0.257 e. The molecule has 2 N–H and O–H groups in total. The van der Waals surface area contributed by atoms with Crippen LogP contribution in [0.2, 0.25) is 5.02 Å². The van der Waals surface area contributed by atoms with E-state index in [-0.39, 0.29) is 11.0 Å². The number of methoxy groups -OCH3 is 1. The quantitative estimate of drug-likeness (QED) is 0.370. The summed E-state index contributed by atoms with van der Waals surface area (Å²) >= 11 is 11.3. The molecule has 0 atom stereocenters. The first-order valence-electron chi connectivity index (χ1n) is 9.42. The Kier molecular flexibility index (Phi) is 8.09. The standard InChI is InChI=1S/C23H21ClN2O4S/c1-28-21-11-10-17(15-20(21)24)25-23(31)26-22(27)16-6-5-9-19(14-16)30-13-12-29-18-7-3-2-4-8-18/h2-11,14-15H,12-13H2,1H3,(H2,25,26,27,31). The second-order valence-electron chi connectivity index (χ2n) is 6.30. The second-order valence-corrected chi connectivity index (χ2v) is 7.11. The topological polar surface area (TPSA) is 68.8 Å². The zero-order valence-electron chi connectivity index (χ0n) is 16.8. The fourth-order valence-corrected chi connectivity index (χ4v) is 3.11. The zero-order valence-corrected chi connectivity index (χ0v) is 18.3. The van der Waals surface area contributed by atoms with E-state index in [0.29, 0.717) is 41.0 Å². The molecule has 0 aliphatic rings. The average Bonchev–Trinajstić information content (AvgIpc) is 2.78. The molecule has 0 saturated heterocycles. The number of para-hydroxylation sites is 1. The summed E-state index contributed by atoms with van der Waals surface area (Å²) in [7, 11) is 1.54. The van der Waals surface area contributed by atoms with E-state index in [1.807, 2.05) is 30.3 Å². The lowest BCUT2D eigenvalue weighted by atomic mass is 10.2. The Morgan fingerprint density at radius 2 is 1.65 bits per heavy atom. The summed E-state index contributed by atoms with van der Waals surface area (Å²) in [4.78, 5) is 12.5. The van der Waals surface area contributed by atoms with E-state index >= 15 is 0 Å². The number of nitrogens with one attached hydrogen (secondary N) is 2. The number of rotatable bonds is 8. The van der Waals surface area contributed by atoms with Crippen LogP contribution in [0.25, 0.3) is 0 Å². The molecule has 0 aliphatic carbocycles. The fraction of sp³-hybridized carbons (Fsp3) is 0.130. The van der Waals surface area contributed by atoms with Crippen LogP contribution in [-0.4, -0.2) is 31.3 Å². The minimum Gasteiger partial charge on any atom is -0.495 e. The van der Waals surface area contributed by atoms with Crippen molar-refractivity contribution in [1.82, 2.24) is 5.32 Å². The Labute approximate surface area is 191 Å². The third-order valence-corrected chi connectivity index (χ3v) is 4.60. The number of amides is 1. The number of anilines is 1. The van der Waals surface area contributed by atoms with Crippen LogP contribution in [-0.2, 0) is 0 Å². The molecule has 160 valence electrons. The molecule has 0 saturated carbocycles. The molecule has 8 heteroatoms. The maximum absolute atomic E-state index is 12.5. The number of benzene rings is 3. The highest BCUT2D eigenvalue weighted by molar-refractivity contribution is 7.80. The van der Waals surface area contributed by atoms with Gasteiger partial charge in [-0.15, -0.1) is 0 Å². The highest BCUT2D eigenvalue weighted by Crippen LogP contribution is 2.27. The van der Waals surface area contributed by atoms with Crippen LogP contribution in [0.1, 0.15) is 10.4 Å². The summed E-state index contributed by atoms with van der Waals surface area (Å²) in [6, 6.07) is 21.4. The largest absolute Gasteiger partial charge is 0.495 e. The van der Waals surface area contributed by atoms with Gasteiger partial charge in [0.1, 0.15) is 30.5 Å². The van der Waals surface area contributed by atoms with E-state index in [4.69, 9.17) is 38.0 Å². The summed E-state index contributed by atoms with van der Waals surface area (Å²) in [5.74, 6) is 1.53. The molecule has 3 aromatic rings. The highest BCUT2D eigenvalue weighted by atomic mass is 35.5. The van der Waals surface area contributed by atoms with Gasteiger partial charge in [-0.25, -0.2) is 0 Å². The van der Waals surface area contributed by atoms with E-state index in [0.717, 1.165) is 5.75 Å². The van der Waals surface area contributed by atoms with Gasteiger partial charge in [0, 0.05) is 11.3 Å². The molecule has 0 unspecified atom stereocenters. The first-order valence-corrected chi connectivity index (χ1v) is 10.2. The molecule has 0 heterocycles. The number of hydrogen-bond acceptors (Lipinski definition) is 5. The Morgan fingerprint density at radius 3 is 2.35 bits per heavy atom. The number of carbonyl (C=O) groups is 1. The minimum atomic E-state index is -0.358. The number of carbonyl (C=O) groups excluding carboxylic acids is 1. The molecular formula is C23H21ClN2O4S. The van der Waals surface area contributed by atoms with Gasteiger partial charge in [0.25, 0.3) is 5.91 Å². The van der Waals surface area contributed by atoms with E-state index in [2.05, 4.69) is 10.6 Å². The van der Waals surface area contributed by atoms with Gasteiger partial charge in [-0.1, -0.05) is 35.9 Å². The molecule has 31 heavy (non-hydrogen) atoms. The van der Waals surface area contributed by atoms with Gasteiger partial charge in [0.2, 0.25) is 0 Å². The van der Waals surface area contributed by atoms with Crippen molar-refractivity contribution in [3.63, 3.8) is 0 Å². The summed E-state index contributed by atoms with van der Waals surface area (Å²) in [5, 5.41) is 6.13. The van der Waals surface area contributed by atoms with Crippen molar-refractivity contribution in [2.75, 3.05) is 25.6 Å². The van der Waals surface area contributed by atoms with E-state index < -0.39 is 0 Å². The van der Waals surface area contributed by atoms with Gasteiger partial charge in [-0.05, 0) is 60.7 Å². The van der Waals surface area contributed by atoms with Crippen LogP contribution in [0.4, 0.5) is 5.69 Å². The molecule has 1 amide bonds. The van der Waals surface area contributed by atoms with Crippen molar-refractivity contribution >= 4 is 40.5 Å². The Morgan fingerprint density at radius 1 is 0.935 bits per heavy atom. The lowest BCUT2D eigenvalue weighted by Crippen LogP contribution is -2.34. The van der Waals surface area contributed by atoms with Crippen molar-refractivity contribution in [3.8, 4) is 17.2 Å². The summed E-state index contributed by atoms with van der Waals surface area (Å²) < 4.78 is 16.4. The normalized spacial score (nSPS) is 10.1. The summed E-state index contributed by atoms with van der Waals surface area (Å²) in [6.07, 6.45) is 0. The van der Waals surface area contributed by atoms with Crippen LogP contribution >= 0.6 is 23.8 Å². The molecular weight excluding hydrogens is 436 g/mol. The number of ether oxygens (including phenoxy) is 3. The predicted molar refractivity (Wildman–Crippen MR) is 126 cm³/mol. The van der Waals surface area contributed by atoms with Crippen LogP contribution in [0, 0.1) is 0 Å². The van der Waals surface area contributed by atoms with Gasteiger partial charge in [0.05, 0.1) is 12.1 Å². The highest BCUT2D eigenvalue weighted by Gasteiger charge is 2.10. The van der Waals surface area contributed by atoms with Crippen molar-refractivity contribution < 1.29 is 19.0 Å². The average molecular weight is 457 g/mol. The fourth-order valence-electron chi connectivity index (χ4n) is 2.64. The van der Waals surface area contributed by atoms with Crippen LogP contribution in [0.5, 0.6) is 17.2 Å². The van der Waals surface area contributed by atoms with Gasteiger partial charge in [-0.2, -0.15) is 0 Å². The van der Waals surface area contributed by atoms with Crippen LogP contribution in [0.3, 0.4) is 0 Å². The van der Waals surface area contributed by atoms with Crippen LogP contribution in [0.15, 0.2) is 72.8 Å². The molecule has 0 spiro atoms. The van der Waals surface area contributed by atoms with Crippen molar-refractivity contribution in [2.24, 2.45) is 0 Å². The van der Waals surface area contributed by atoms with Crippen molar-refractivity contribution in [3.05, 3.63) is 83.4 Å².